The van der Waals surface area contributed by atoms with Crippen molar-refractivity contribution in [3.05, 3.63) is 29.6 Å². The van der Waals surface area contributed by atoms with E-state index in [9.17, 15) is 0 Å². The van der Waals surface area contributed by atoms with Gasteiger partial charge in [0, 0.05) is 6.20 Å². The molecule has 0 fully saturated rings. The molecule has 1 aromatic rings. The number of hydrogen-bond acceptors (Lipinski definition) is 3. The van der Waals surface area contributed by atoms with E-state index >= 15 is 0 Å². The number of rotatable bonds is 3. The van der Waals surface area contributed by atoms with Crippen molar-refractivity contribution < 1.29 is 5.21 Å². The van der Waals surface area contributed by atoms with Crippen LogP contribution in [0, 0.1) is 0 Å². The van der Waals surface area contributed by atoms with Gasteiger partial charge in [-0.1, -0.05) is 24.6 Å². The van der Waals surface area contributed by atoms with Crippen LogP contribution in [0.25, 0.3) is 0 Å². The predicted octanol–water partition coefficient (Wildman–Crippen LogP) is 1.13. The van der Waals surface area contributed by atoms with E-state index in [1.54, 1.807) is 6.20 Å². The molecule has 4 heteroatoms. The maximum atomic E-state index is 8.50. The third-order valence-electron chi connectivity index (χ3n) is 1.76. The molecule has 0 aliphatic carbocycles. The second-order valence-corrected chi connectivity index (χ2v) is 2.75. The molecule has 0 aliphatic heterocycles. The van der Waals surface area contributed by atoms with Crippen molar-refractivity contribution in [3.8, 4) is 0 Å². The summed E-state index contributed by atoms with van der Waals surface area (Å²) in [5.41, 5.74) is 7.05. The van der Waals surface area contributed by atoms with Crippen molar-refractivity contribution in [2.24, 2.45) is 10.9 Å². The van der Waals surface area contributed by atoms with Crippen LogP contribution in [0.1, 0.15) is 24.6 Å². The number of pyridine rings is 1. The number of nitrogens with zero attached hydrogens (tertiary/aromatic N) is 2. The molecule has 1 rings (SSSR count). The van der Waals surface area contributed by atoms with Gasteiger partial charge in [0.05, 0.1) is 0 Å². The maximum absolute atomic E-state index is 8.50. The van der Waals surface area contributed by atoms with Crippen LogP contribution in [0.5, 0.6) is 0 Å². The molecule has 1 heterocycles. The van der Waals surface area contributed by atoms with Gasteiger partial charge in [0.15, 0.2) is 5.84 Å². The lowest BCUT2D eigenvalue weighted by Gasteiger charge is -2.04. The van der Waals surface area contributed by atoms with Crippen molar-refractivity contribution in [2.75, 3.05) is 0 Å². The van der Waals surface area contributed by atoms with E-state index in [0.717, 1.165) is 18.4 Å². The molecule has 0 saturated carbocycles. The molecule has 0 bridgehead atoms. The normalized spacial score (nSPS) is 11.6. The van der Waals surface area contributed by atoms with Crippen LogP contribution < -0.4 is 5.73 Å². The number of nitrogens with two attached hydrogens (primary N) is 1. The molecular formula is C9H13N3O. The number of hydrogen-bond donors (Lipinski definition) is 2. The van der Waals surface area contributed by atoms with Crippen LogP contribution in [-0.4, -0.2) is 16.0 Å². The lowest BCUT2D eigenvalue weighted by molar-refractivity contribution is 0.318. The molecule has 0 radical (unpaired) electrons. The van der Waals surface area contributed by atoms with Gasteiger partial charge in [-0.15, -0.1) is 0 Å². The first-order valence-electron chi connectivity index (χ1n) is 4.21. The van der Waals surface area contributed by atoms with Crippen molar-refractivity contribution in [1.29, 1.82) is 0 Å². The Morgan fingerprint density at radius 1 is 1.69 bits per heavy atom. The van der Waals surface area contributed by atoms with Crippen LogP contribution in [0.15, 0.2) is 23.5 Å². The molecule has 0 amide bonds. The Morgan fingerprint density at radius 3 is 3.08 bits per heavy atom. The van der Waals surface area contributed by atoms with Gasteiger partial charge < -0.3 is 10.9 Å². The summed E-state index contributed by atoms with van der Waals surface area (Å²) in [7, 11) is 0. The molecular weight excluding hydrogens is 166 g/mol. The smallest absolute Gasteiger partial charge is 0.189 e. The monoisotopic (exact) mass is 179 g/mol. The van der Waals surface area contributed by atoms with E-state index in [1.807, 2.05) is 12.1 Å². The summed E-state index contributed by atoms with van der Waals surface area (Å²) in [4.78, 5) is 4.05. The highest BCUT2D eigenvalue weighted by Crippen LogP contribution is 2.07. The fraction of sp³-hybridized carbons (Fsp3) is 0.333. The summed E-state index contributed by atoms with van der Waals surface area (Å²) in [6.45, 7) is 2.07. The molecule has 3 N–H and O–H groups in total. The van der Waals surface area contributed by atoms with Crippen molar-refractivity contribution in [3.63, 3.8) is 0 Å². The van der Waals surface area contributed by atoms with Gasteiger partial charge in [-0.25, -0.2) is 0 Å². The van der Waals surface area contributed by atoms with Crippen LogP contribution in [0.2, 0.25) is 0 Å². The van der Waals surface area contributed by atoms with E-state index in [4.69, 9.17) is 10.9 Å². The minimum Gasteiger partial charge on any atom is -0.409 e. The average Bonchev–Trinajstić information content (AvgIpc) is 2.18. The maximum Gasteiger partial charge on any atom is 0.189 e. The summed E-state index contributed by atoms with van der Waals surface area (Å²) in [6.07, 6.45) is 3.53. The Hall–Kier alpha value is -1.58. The molecule has 13 heavy (non-hydrogen) atoms. The second-order valence-electron chi connectivity index (χ2n) is 2.75. The van der Waals surface area contributed by atoms with Crippen molar-refractivity contribution >= 4 is 5.84 Å². The molecule has 0 unspecified atom stereocenters. The molecule has 0 aromatic carbocycles. The van der Waals surface area contributed by atoms with Gasteiger partial charge in [-0.2, -0.15) is 0 Å². The second kappa shape index (κ2) is 4.45. The zero-order valence-corrected chi connectivity index (χ0v) is 7.57. The topological polar surface area (TPSA) is 71.5 Å². The zero-order chi connectivity index (χ0) is 9.68. The molecule has 0 atom stereocenters. The summed E-state index contributed by atoms with van der Waals surface area (Å²) < 4.78 is 0. The number of aryl methyl sites for hydroxylation is 1. The lowest BCUT2D eigenvalue weighted by Crippen LogP contribution is -2.17. The zero-order valence-electron chi connectivity index (χ0n) is 7.57. The SMILES string of the molecule is CCCc1cccnc1C(N)=NO. The Kier molecular flexibility index (Phi) is 3.25. The third kappa shape index (κ3) is 2.18. The molecule has 1 aromatic heterocycles. The van der Waals surface area contributed by atoms with Crippen LogP contribution in [0.4, 0.5) is 0 Å². The van der Waals surface area contributed by atoms with Gasteiger partial charge in [0.25, 0.3) is 0 Å². The van der Waals surface area contributed by atoms with E-state index in [0.29, 0.717) is 5.69 Å². The number of amidine groups is 1. The minimum atomic E-state index is 0.0732. The first-order chi connectivity index (χ1) is 6.29. The predicted molar refractivity (Wildman–Crippen MR) is 50.7 cm³/mol. The van der Waals surface area contributed by atoms with Crippen LogP contribution in [-0.2, 0) is 6.42 Å². The van der Waals surface area contributed by atoms with Gasteiger partial charge >= 0.3 is 0 Å². The Morgan fingerprint density at radius 2 is 2.46 bits per heavy atom. The Balaban J connectivity index is 3.04. The van der Waals surface area contributed by atoms with Crippen LogP contribution >= 0.6 is 0 Å². The largest absolute Gasteiger partial charge is 0.409 e. The summed E-state index contributed by atoms with van der Waals surface area (Å²) >= 11 is 0. The summed E-state index contributed by atoms with van der Waals surface area (Å²) in [6, 6.07) is 3.78. The highest BCUT2D eigenvalue weighted by Gasteiger charge is 2.06. The highest BCUT2D eigenvalue weighted by molar-refractivity contribution is 5.96. The third-order valence-corrected chi connectivity index (χ3v) is 1.76. The van der Waals surface area contributed by atoms with E-state index in [-0.39, 0.29) is 5.84 Å². The first kappa shape index (κ1) is 9.51. The van der Waals surface area contributed by atoms with Gasteiger partial charge in [0.2, 0.25) is 0 Å². The van der Waals surface area contributed by atoms with E-state index in [1.165, 1.54) is 0 Å². The van der Waals surface area contributed by atoms with Gasteiger partial charge in [-0.05, 0) is 18.1 Å². The number of oxime groups is 1. The summed E-state index contributed by atoms with van der Waals surface area (Å²) in [5.74, 6) is 0.0732. The average molecular weight is 179 g/mol. The summed E-state index contributed by atoms with van der Waals surface area (Å²) in [5, 5.41) is 11.4. The number of aromatic nitrogens is 1. The van der Waals surface area contributed by atoms with E-state index in [2.05, 4.69) is 17.1 Å². The van der Waals surface area contributed by atoms with Gasteiger partial charge in [0.1, 0.15) is 5.69 Å². The Bertz CT molecular complexity index is 309. The molecule has 0 spiro atoms. The molecule has 0 saturated heterocycles. The van der Waals surface area contributed by atoms with Crippen LogP contribution in [0.3, 0.4) is 0 Å². The standard InChI is InChI=1S/C9H13N3O/c1-2-4-7-5-3-6-11-8(7)9(10)12-13/h3,5-6,13H,2,4H2,1H3,(H2,10,12). The molecule has 0 aliphatic rings. The van der Waals surface area contributed by atoms with Crippen molar-refractivity contribution in [1.82, 2.24) is 4.98 Å². The minimum absolute atomic E-state index is 0.0732. The quantitative estimate of drug-likeness (QED) is 0.316. The molecule has 70 valence electrons. The first-order valence-corrected chi connectivity index (χ1v) is 4.21. The highest BCUT2D eigenvalue weighted by atomic mass is 16.4. The lowest BCUT2D eigenvalue weighted by atomic mass is 10.1. The van der Waals surface area contributed by atoms with Gasteiger partial charge in [-0.3, -0.25) is 4.98 Å². The Labute approximate surface area is 77.1 Å². The van der Waals surface area contributed by atoms with E-state index < -0.39 is 0 Å². The fourth-order valence-corrected chi connectivity index (χ4v) is 1.19. The van der Waals surface area contributed by atoms with Crippen molar-refractivity contribution in [2.45, 2.75) is 19.8 Å². The fourth-order valence-electron chi connectivity index (χ4n) is 1.19. The molecule has 4 nitrogen and oxygen atoms in total.